The zero-order chi connectivity index (χ0) is 23.4. The van der Waals surface area contributed by atoms with Gasteiger partial charge in [0.05, 0.1) is 16.3 Å². The molecule has 2 heterocycles. The van der Waals surface area contributed by atoms with E-state index in [1.165, 1.54) is 15.9 Å². The Morgan fingerprint density at radius 1 is 1.09 bits per heavy atom. The first-order chi connectivity index (χ1) is 16.0. The van der Waals surface area contributed by atoms with Gasteiger partial charge in [-0.3, -0.25) is 19.5 Å². The minimum Gasteiger partial charge on any atom is -0.338 e. The predicted molar refractivity (Wildman–Crippen MR) is 133 cm³/mol. The second-order valence-electron chi connectivity index (χ2n) is 7.17. The first-order valence-corrected chi connectivity index (χ1v) is 12.1. The van der Waals surface area contributed by atoms with Crippen molar-refractivity contribution >= 4 is 45.3 Å². The number of hydrogen-bond acceptors (Lipinski definition) is 6. The van der Waals surface area contributed by atoms with Crippen molar-refractivity contribution in [3.63, 3.8) is 0 Å². The van der Waals surface area contributed by atoms with Crippen LogP contribution in [0.2, 0.25) is 0 Å². The van der Waals surface area contributed by atoms with E-state index in [-0.39, 0.29) is 5.56 Å². The van der Waals surface area contributed by atoms with Gasteiger partial charge in [0, 0.05) is 11.4 Å². The van der Waals surface area contributed by atoms with Gasteiger partial charge in [0.1, 0.15) is 4.83 Å². The summed E-state index contributed by atoms with van der Waals surface area (Å²) >= 11 is 2.57. The number of benzene rings is 2. The smallest absolute Gasteiger partial charge is 0.321 e. The van der Waals surface area contributed by atoms with E-state index in [0.717, 1.165) is 22.2 Å². The van der Waals surface area contributed by atoms with Crippen LogP contribution in [-0.4, -0.2) is 33.3 Å². The third kappa shape index (κ3) is 4.99. The van der Waals surface area contributed by atoms with E-state index in [1.54, 1.807) is 13.8 Å². The highest BCUT2D eigenvalue weighted by Crippen LogP contribution is 2.33. The van der Waals surface area contributed by atoms with E-state index < -0.39 is 17.2 Å². The van der Waals surface area contributed by atoms with E-state index >= 15 is 0 Å². The second kappa shape index (κ2) is 10.0. The number of nitrogens with zero attached hydrogens (tertiary/aromatic N) is 2. The van der Waals surface area contributed by atoms with Gasteiger partial charge >= 0.3 is 6.03 Å². The predicted octanol–water partition coefficient (Wildman–Crippen LogP) is 4.44. The number of urea groups is 1. The number of amides is 3. The Labute approximate surface area is 198 Å². The maximum absolute atomic E-state index is 13.6. The number of para-hydroxylation sites is 1. The summed E-state index contributed by atoms with van der Waals surface area (Å²) in [6.07, 6.45) is 0. The van der Waals surface area contributed by atoms with Gasteiger partial charge < -0.3 is 5.32 Å². The van der Waals surface area contributed by atoms with Gasteiger partial charge in [-0.05, 0) is 37.6 Å². The number of carbonyl (C=O) groups is 2. The molecule has 2 aromatic carbocycles. The summed E-state index contributed by atoms with van der Waals surface area (Å²) in [4.78, 5) is 44.1. The van der Waals surface area contributed by atoms with Crippen molar-refractivity contribution in [2.45, 2.75) is 24.3 Å². The van der Waals surface area contributed by atoms with Crippen molar-refractivity contribution < 1.29 is 9.59 Å². The normalized spacial score (nSPS) is 11.8. The standard InChI is InChI=1S/C24H22N4O3S2/c1-3-25-23(31)26-20(29)15(2)32-24-27-21-18(14-19(33-21)16-10-6-4-7-11-16)22(30)28(24)17-12-8-5-9-13-17/h4-15H,3H2,1-2H3,(H2,25,26,29,31). The zero-order valence-electron chi connectivity index (χ0n) is 18.1. The minimum absolute atomic E-state index is 0.205. The maximum Gasteiger partial charge on any atom is 0.321 e. The number of fused-ring (bicyclic) bond motifs is 1. The molecule has 168 valence electrons. The van der Waals surface area contributed by atoms with Gasteiger partial charge in [-0.15, -0.1) is 11.3 Å². The Bertz CT molecular complexity index is 1350. The van der Waals surface area contributed by atoms with Crippen LogP contribution in [0, 0.1) is 0 Å². The Hall–Kier alpha value is -3.43. The molecule has 4 aromatic rings. The average Bonchev–Trinajstić information content (AvgIpc) is 3.25. The van der Waals surface area contributed by atoms with Crippen molar-refractivity contribution in [2.75, 3.05) is 6.54 Å². The van der Waals surface area contributed by atoms with Gasteiger partial charge in [0.15, 0.2) is 5.16 Å². The average molecular weight is 479 g/mol. The molecule has 2 aromatic heterocycles. The highest BCUT2D eigenvalue weighted by molar-refractivity contribution is 8.00. The van der Waals surface area contributed by atoms with Gasteiger partial charge in [-0.2, -0.15) is 0 Å². The van der Waals surface area contributed by atoms with Crippen molar-refractivity contribution in [1.29, 1.82) is 0 Å². The van der Waals surface area contributed by atoms with E-state index in [0.29, 0.717) is 27.6 Å². The Kier molecular flexibility index (Phi) is 6.90. The molecule has 3 amide bonds. The number of carbonyl (C=O) groups excluding carboxylic acids is 2. The molecule has 0 fully saturated rings. The fraction of sp³-hybridized carbons (Fsp3) is 0.167. The van der Waals surface area contributed by atoms with Crippen molar-refractivity contribution in [2.24, 2.45) is 0 Å². The molecular weight excluding hydrogens is 456 g/mol. The lowest BCUT2D eigenvalue weighted by molar-refractivity contribution is -0.119. The summed E-state index contributed by atoms with van der Waals surface area (Å²) < 4.78 is 1.52. The van der Waals surface area contributed by atoms with Crippen LogP contribution in [-0.2, 0) is 4.79 Å². The summed E-state index contributed by atoms with van der Waals surface area (Å²) in [6, 6.07) is 20.3. The highest BCUT2D eigenvalue weighted by atomic mass is 32.2. The van der Waals surface area contributed by atoms with Crippen LogP contribution in [0.25, 0.3) is 26.3 Å². The first-order valence-electron chi connectivity index (χ1n) is 10.4. The molecule has 0 aliphatic rings. The molecule has 0 aliphatic heterocycles. The molecule has 2 N–H and O–H groups in total. The first kappa shape index (κ1) is 22.8. The van der Waals surface area contributed by atoms with Crippen molar-refractivity contribution in [3.8, 4) is 16.1 Å². The quantitative estimate of drug-likeness (QED) is 0.316. The third-order valence-corrected chi connectivity index (χ3v) is 6.96. The lowest BCUT2D eigenvalue weighted by atomic mass is 10.2. The Balaban J connectivity index is 1.78. The zero-order valence-corrected chi connectivity index (χ0v) is 19.7. The maximum atomic E-state index is 13.6. The summed E-state index contributed by atoms with van der Waals surface area (Å²) in [6.45, 7) is 3.86. The molecule has 0 spiro atoms. The number of thioether (sulfide) groups is 1. The van der Waals surface area contributed by atoms with Crippen molar-refractivity contribution in [1.82, 2.24) is 20.2 Å². The number of rotatable bonds is 6. The molecule has 1 atom stereocenters. The number of nitrogens with one attached hydrogen (secondary N) is 2. The summed E-state index contributed by atoms with van der Waals surface area (Å²) in [5.74, 6) is -0.462. The van der Waals surface area contributed by atoms with E-state index in [2.05, 4.69) is 10.6 Å². The fourth-order valence-electron chi connectivity index (χ4n) is 3.22. The van der Waals surface area contributed by atoms with Crippen LogP contribution in [0.15, 0.2) is 76.7 Å². The van der Waals surface area contributed by atoms with Gasteiger partial charge in [-0.1, -0.05) is 60.3 Å². The monoisotopic (exact) mass is 478 g/mol. The topological polar surface area (TPSA) is 93.1 Å². The number of hydrogen-bond donors (Lipinski definition) is 2. The molecule has 0 saturated heterocycles. The van der Waals surface area contributed by atoms with E-state index in [9.17, 15) is 14.4 Å². The summed E-state index contributed by atoms with van der Waals surface area (Å²) in [5.41, 5.74) is 1.46. The van der Waals surface area contributed by atoms with Crippen LogP contribution in [0.4, 0.5) is 4.79 Å². The molecule has 0 aliphatic carbocycles. The molecule has 9 heteroatoms. The Morgan fingerprint density at radius 3 is 2.42 bits per heavy atom. The second-order valence-corrected chi connectivity index (χ2v) is 9.51. The van der Waals surface area contributed by atoms with Crippen LogP contribution in [0.1, 0.15) is 13.8 Å². The number of imide groups is 1. The molecule has 7 nitrogen and oxygen atoms in total. The minimum atomic E-state index is -0.652. The van der Waals surface area contributed by atoms with Gasteiger partial charge in [-0.25, -0.2) is 9.78 Å². The third-order valence-electron chi connectivity index (χ3n) is 4.83. The molecular formula is C24H22N4O3S2. The SMILES string of the molecule is CCNC(=O)NC(=O)C(C)Sc1nc2sc(-c3ccccc3)cc2c(=O)n1-c1ccccc1. The summed E-state index contributed by atoms with van der Waals surface area (Å²) in [5, 5.41) is 5.11. The van der Waals surface area contributed by atoms with Crippen molar-refractivity contribution in [3.05, 3.63) is 77.1 Å². The van der Waals surface area contributed by atoms with E-state index in [1.807, 2.05) is 66.7 Å². The molecule has 0 bridgehead atoms. The molecule has 33 heavy (non-hydrogen) atoms. The van der Waals surface area contributed by atoms with Crippen LogP contribution >= 0.6 is 23.1 Å². The van der Waals surface area contributed by atoms with Crippen LogP contribution < -0.4 is 16.2 Å². The van der Waals surface area contributed by atoms with E-state index in [4.69, 9.17) is 4.98 Å². The number of thiophene rings is 1. The molecule has 4 rings (SSSR count). The lowest BCUT2D eigenvalue weighted by Crippen LogP contribution is -2.42. The lowest BCUT2D eigenvalue weighted by Gasteiger charge is -2.15. The van der Waals surface area contributed by atoms with Crippen LogP contribution in [0.5, 0.6) is 0 Å². The largest absolute Gasteiger partial charge is 0.338 e. The van der Waals surface area contributed by atoms with Crippen LogP contribution in [0.3, 0.4) is 0 Å². The fourth-order valence-corrected chi connectivity index (χ4v) is 5.23. The molecule has 0 radical (unpaired) electrons. The Morgan fingerprint density at radius 2 is 1.76 bits per heavy atom. The number of aromatic nitrogens is 2. The highest BCUT2D eigenvalue weighted by Gasteiger charge is 2.22. The van der Waals surface area contributed by atoms with Gasteiger partial charge in [0.25, 0.3) is 5.56 Å². The molecule has 0 saturated carbocycles. The molecule has 1 unspecified atom stereocenters. The van der Waals surface area contributed by atoms with Gasteiger partial charge in [0.2, 0.25) is 5.91 Å². The summed E-state index contributed by atoms with van der Waals surface area (Å²) in [7, 11) is 0.